The van der Waals surface area contributed by atoms with Gasteiger partial charge in [-0.3, -0.25) is 0 Å². The van der Waals surface area contributed by atoms with E-state index in [1.54, 1.807) is 0 Å². The molecule has 0 aliphatic heterocycles. The molecule has 0 radical (unpaired) electrons. The summed E-state index contributed by atoms with van der Waals surface area (Å²) in [5.41, 5.74) is 11.7. The smallest absolute Gasteiger partial charge is 0.0751 e. The highest BCUT2D eigenvalue weighted by atomic mass is 79.9. The second-order valence-corrected chi connectivity index (χ2v) is 9.70. The molecule has 2 heteroatoms. The van der Waals surface area contributed by atoms with Crippen molar-refractivity contribution in [1.29, 1.82) is 0 Å². The van der Waals surface area contributed by atoms with E-state index in [1.807, 2.05) is 0 Å². The first-order valence-electron chi connectivity index (χ1n) is 11.5. The molecule has 0 atom stereocenters. The monoisotopic (exact) mass is 503 g/mol. The molecule has 0 spiro atoms. The molecule has 1 nitrogen and oxygen atoms in total. The molecule has 0 bridgehead atoms. The van der Waals surface area contributed by atoms with E-state index in [0.717, 1.165) is 33.4 Å². The van der Waals surface area contributed by atoms with E-state index < -0.39 is 0 Å². The largest absolute Gasteiger partial charge is 0.247 e. The Morgan fingerprint density at radius 1 is 0.618 bits per heavy atom. The predicted molar refractivity (Wildman–Crippen MR) is 147 cm³/mol. The van der Waals surface area contributed by atoms with Crippen LogP contribution in [0.3, 0.4) is 0 Å². The van der Waals surface area contributed by atoms with E-state index in [1.165, 1.54) is 33.4 Å². The summed E-state index contributed by atoms with van der Waals surface area (Å²) < 4.78 is 1.09. The van der Waals surface area contributed by atoms with Gasteiger partial charge in [-0.2, -0.15) is 0 Å². The van der Waals surface area contributed by atoms with Gasteiger partial charge in [0, 0.05) is 22.0 Å². The Kier molecular flexibility index (Phi) is 6.42. The van der Waals surface area contributed by atoms with E-state index in [2.05, 4.69) is 139 Å². The molecule has 0 aliphatic carbocycles. The van der Waals surface area contributed by atoms with Crippen LogP contribution in [0.15, 0.2) is 114 Å². The molecule has 0 saturated heterocycles. The van der Waals surface area contributed by atoms with E-state index in [9.17, 15) is 0 Å². The highest BCUT2D eigenvalue weighted by molar-refractivity contribution is 9.10. The number of rotatable bonds is 5. The summed E-state index contributed by atoms with van der Waals surface area (Å²) in [5, 5.41) is 0. The predicted octanol–water partition coefficient (Wildman–Crippen LogP) is 9.05. The summed E-state index contributed by atoms with van der Waals surface area (Å²) in [6.45, 7) is 4.24. The average molecular weight is 504 g/mol. The quantitative estimate of drug-likeness (QED) is 0.233. The van der Waals surface area contributed by atoms with Crippen LogP contribution in [-0.4, -0.2) is 4.98 Å². The summed E-state index contributed by atoms with van der Waals surface area (Å²) in [7, 11) is 0. The molecular weight excluding hydrogens is 478 g/mol. The third-order valence-electron chi connectivity index (χ3n) is 6.18. The fourth-order valence-electron chi connectivity index (χ4n) is 4.25. The molecule has 166 valence electrons. The first-order chi connectivity index (χ1) is 16.6. The number of aromatic nitrogens is 1. The summed E-state index contributed by atoms with van der Waals surface area (Å²) in [6, 6.07) is 38.9. The number of aryl methyl sites for hydroxylation is 2. The lowest BCUT2D eigenvalue weighted by Crippen LogP contribution is -2.01. The minimum atomic E-state index is 0.807. The van der Waals surface area contributed by atoms with E-state index >= 15 is 0 Å². The van der Waals surface area contributed by atoms with Crippen molar-refractivity contribution >= 4 is 15.9 Å². The van der Waals surface area contributed by atoms with Gasteiger partial charge in [-0.25, -0.2) is 4.98 Å². The van der Waals surface area contributed by atoms with Gasteiger partial charge in [-0.1, -0.05) is 118 Å². The van der Waals surface area contributed by atoms with Crippen molar-refractivity contribution in [1.82, 2.24) is 4.98 Å². The van der Waals surface area contributed by atoms with Crippen LogP contribution in [0.2, 0.25) is 0 Å². The standard InChI is InChI=1S/C32H26BrN/c1-22-8-14-26(15-9-22)31-21-29(25-6-4-3-5-7-25)30(20-24-12-18-28(33)19-13-24)32(34-31)27-16-10-23(2)11-17-27/h3-19,21H,20H2,1-2H3. The summed E-state index contributed by atoms with van der Waals surface area (Å²) in [5.74, 6) is 0. The van der Waals surface area contributed by atoms with Crippen LogP contribution < -0.4 is 0 Å². The Balaban J connectivity index is 1.77. The van der Waals surface area contributed by atoms with Crippen LogP contribution in [-0.2, 0) is 6.42 Å². The van der Waals surface area contributed by atoms with Gasteiger partial charge in [0.25, 0.3) is 0 Å². The minimum absolute atomic E-state index is 0.807. The maximum atomic E-state index is 5.26. The molecule has 1 heterocycles. The Morgan fingerprint density at radius 2 is 1.21 bits per heavy atom. The zero-order chi connectivity index (χ0) is 23.5. The van der Waals surface area contributed by atoms with Gasteiger partial charge in [0.2, 0.25) is 0 Å². The number of pyridine rings is 1. The van der Waals surface area contributed by atoms with Crippen LogP contribution in [0.1, 0.15) is 22.3 Å². The van der Waals surface area contributed by atoms with Crippen LogP contribution in [0.4, 0.5) is 0 Å². The summed E-state index contributed by atoms with van der Waals surface area (Å²) >= 11 is 3.57. The van der Waals surface area contributed by atoms with E-state index in [-0.39, 0.29) is 0 Å². The second kappa shape index (κ2) is 9.79. The topological polar surface area (TPSA) is 12.9 Å². The zero-order valence-electron chi connectivity index (χ0n) is 19.4. The Labute approximate surface area is 210 Å². The SMILES string of the molecule is Cc1ccc(-c2cc(-c3ccccc3)c(Cc3ccc(Br)cc3)c(-c3ccc(C)cc3)n2)cc1. The second-order valence-electron chi connectivity index (χ2n) is 8.78. The molecule has 5 rings (SSSR count). The molecule has 1 aromatic heterocycles. The first kappa shape index (κ1) is 22.3. The number of hydrogen-bond acceptors (Lipinski definition) is 1. The molecule has 0 amide bonds. The normalized spacial score (nSPS) is 10.9. The number of halogens is 1. The number of nitrogens with zero attached hydrogens (tertiary/aromatic N) is 1. The van der Waals surface area contributed by atoms with Gasteiger partial charge < -0.3 is 0 Å². The highest BCUT2D eigenvalue weighted by Crippen LogP contribution is 2.36. The van der Waals surface area contributed by atoms with Crippen LogP contribution >= 0.6 is 15.9 Å². The van der Waals surface area contributed by atoms with Gasteiger partial charge in [0.15, 0.2) is 0 Å². The molecule has 0 N–H and O–H groups in total. The van der Waals surface area contributed by atoms with Crippen molar-refractivity contribution < 1.29 is 0 Å². The van der Waals surface area contributed by atoms with Gasteiger partial charge >= 0.3 is 0 Å². The average Bonchev–Trinajstić information content (AvgIpc) is 2.87. The van der Waals surface area contributed by atoms with Crippen LogP contribution in [0, 0.1) is 13.8 Å². The summed E-state index contributed by atoms with van der Waals surface area (Å²) in [6.07, 6.45) is 0.807. The molecule has 0 unspecified atom stereocenters. The highest BCUT2D eigenvalue weighted by Gasteiger charge is 2.17. The third-order valence-corrected chi connectivity index (χ3v) is 6.70. The first-order valence-corrected chi connectivity index (χ1v) is 12.3. The maximum absolute atomic E-state index is 5.26. The molecule has 0 aliphatic rings. The van der Waals surface area contributed by atoms with Crippen molar-refractivity contribution in [3.8, 4) is 33.6 Å². The Hall–Kier alpha value is -3.49. The van der Waals surface area contributed by atoms with Crippen LogP contribution in [0.25, 0.3) is 33.6 Å². The number of benzene rings is 4. The lowest BCUT2D eigenvalue weighted by molar-refractivity contribution is 1.15. The Bertz CT molecular complexity index is 1400. The fourth-order valence-corrected chi connectivity index (χ4v) is 4.52. The van der Waals surface area contributed by atoms with Gasteiger partial charge in [-0.15, -0.1) is 0 Å². The molecular formula is C32H26BrN. The van der Waals surface area contributed by atoms with Crippen molar-refractivity contribution in [2.24, 2.45) is 0 Å². The molecule has 0 saturated carbocycles. The van der Waals surface area contributed by atoms with Crippen molar-refractivity contribution in [2.45, 2.75) is 20.3 Å². The fraction of sp³-hybridized carbons (Fsp3) is 0.0938. The van der Waals surface area contributed by atoms with E-state index in [4.69, 9.17) is 4.98 Å². The van der Waals surface area contributed by atoms with Crippen molar-refractivity contribution in [2.75, 3.05) is 0 Å². The lowest BCUT2D eigenvalue weighted by Gasteiger charge is -2.18. The third kappa shape index (κ3) is 4.88. The molecule has 34 heavy (non-hydrogen) atoms. The van der Waals surface area contributed by atoms with Crippen molar-refractivity contribution in [3.63, 3.8) is 0 Å². The van der Waals surface area contributed by atoms with Gasteiger partial charge in [0.1, 0.15) is 0 Å². The molecule has 0 fully saturated rings. The minimum Gasteiger partial charge on any atom is -0.247 e. The number of hydrogen-bond donors (Lipinski definition) is 0. The lowest BCUT2D eigenvalue weighted by atomic mass is 9.90. The van der Waals surface area contributed by atoms with E-state index in [0.29, 0.717) is 0 Å². The van der Waals surface area contributed by atoms with Crippen LogP contribution in [0.5, 0.6) is 0 Å². The van der Waals surface area contributed by atoms with Gasteiger partial charge in [-0.05, 0) is 54.3 Å². The Morgan fingerprint density at radius 3 is 1.82 bits per heavy atom. The van der Waals surface area contributed by atoms with Crippen molar-refractivity contribution in [3.05, 3.63) is 136 Å². The van der Waals surface area contributed by atoms with Gasteiger partial charge in [0.05, 0.1) is 11.4 Å². The molecule has 5 aromatic rings. The zero-order valence-corrected chi connectivity index (χ0v) is 21.0. The summed E-state index contributed by atoms with van der Waals surface area (Å²) in [4.78, 5) is 5.26. The maximum Gasteiger partial charge on any atom is 0.0751 e. The molecule has 4 aromatic carbocycles.